The van der Waals surface area contributed by atoms with Crippen molar-refractivity contribution >= 4 is 0 Å². The summed E-state index contributed by atoms with van der Waals surface area (Å²) in [6, 6.07) is 0. The Morgan fingerprint density at radius 1 is 1.04 bits per heavy atom. The second-order valence-electron chi connectivity index (χ2n) is 11.0. The van der Waals surface area contributed by atoms with Crippen LogP contribution in [0.5, 0.6) is 0 Å². The van der Waals surface area contributed by atoms with Crippen LogP contribution in [-0.4, -0.2) is 11.2 Å². The molecule has 4 unspecified atom stereocenters. The maximum Gasteiger partial charge on any atom is 0.0578 e. The van der Waals surface area contributed by atoms with Gasteiger partial charge in [-0.3, -0.25) is 0 Å². The van der Waals surface area contributed by atoms with Crippen LogP contribution in [0.1, 0.15) is 98.3 Å². The lowest BCUT2D eigenvalue weighted by atomic mass is 9.50. The minimum Gasteiger partial charge on any atom is -0.393 e. The fourth-order valence-electron chi connectivity index (χ4n) is 7.88. The van der Waals surface area contributed by atoms with E-state index < -0.39 is 0 Å². The molecular weight excluding hydrogens is 328 g/mol. The molecule has 0 aromatic heterocycles. The summed E-state index contributed by atoms with van der Waals surface area (Å²) >= 11 is 0. The van der Waals surface area contributed by atoms with Gasteiger partial charge in [0.25, 0.3) is 0 Å². The van der Waals surface area contributed by atoms with E-state index in [-0.39, 0.29) is 6.10 Å². The number of aliphatic hydroxyl groups excluding tert-OH is 1. The van der Waals surface area contributed by atoms with Crippen molar-refractivity contribution in [3.63, 3.8) is 0 Å². The number of aliphatic hydroxyl groups is 1. The standard InChI is InChI=1S/C26H42O/c1-5-6-7-8-18(2)22-11-12-23-21-10-9-19-17-20(27)13-15-25(19,3)24(21)14-16-26(22,23)4/h9-10,18,20,22-24,27H,5-8,11-17H2,1-4H3/t18-,20?,22?,23?,24?,25+,26-/m1/s1. The molecule has 7 atom stereocenters. The van der Waals surface area contributed by atoms with Crippen LogP contribution in [0.3, 0.4) is 0 Å². The molecule has 4 aliphatic carbocycles. The Morgan fingerprint density at radius 2 is 1.85 bits per heavy atom. The van der Waals surface area contributed by atoms with E-state index in [4.69, 9.17) is 0 Å². The summed E-state index contributed by atoms with van der Waals surface area (Å²) in [7, 11) is 0. The maximum atomic E-state index is 10.2. The molecule has 1 heteroatoms. The molecule has 0 aliphatic heterocycles. The molecule has 1 nitrogen and oxygen atoms in total. The lowest BCUT2D eigenvalue weighted by Crippen LogP contribution is -2.46. The number of hydrogen-bond donors (Lipinski definition) is 1. The van der Waals surface area contributed by atoms with Crippen molar-refractivity contribution in [2.75, 3.05) is 0 Å². The second kappa shape index (κ2) is 7.36. The zero-order chi connectivity index (χ0) is 19.2. The van der Waals surface area contributed by atoms with E-state index in [2.05, 4.69) is 39.8 Å². The summed E-state index contributed by atoms with van der Waals surface area (Å²) in [6.45, 7) is 10.0. The van der Waals surface area contributed by atoms with Crippen molar-refractivity contribution in [1.82, 2.24) is 0 Å². The van der Waals surface area contributed by atoms with Crippen molar-refractivity contribution in [2.24, 2.45) is 34.5 Å². The first-order valence-corrected chi connectivity index (χ1v) is 12.0. The van der Waals surface area contributed by atoms with Crippen LogP contribution < -0.4 is 0 Å². The normalized spacial score (nSPS) is 44.6. The Bertz CT molecular complexity index is 616. The highest BCUT2D eigenvalue weighted by Gasteiger charge is 2.56. The molecule has 0 spiro atoms. The third kappa shape index (κ3) is 3.17. The van der Waals surface area contributed by atoms with E-state index in [1.165, 1.54) is 57.8 Å². The molecule has 4 aliphatic rings. The van der Waals surface area contributed by atoms with Crippen LogP contribution in [0.2, 0.25) is 0 Å². The predicted molar refractivity (Wildman–Crippen MR) is 114 cm³/mol. The minimum absolute atomic E-state index is 0.104. The maximum absolute atomic E-state index is 10.2. The quantitative estimate of drug-likeness (QED) is 0.513. The molecule has 27 heavy (non-hydrogen) atoms. The van der Waals surface area contributed by atoms with E-state index in [0.717, 1.165) is 36.5 Å². The van der Waals surface area contributed by atoms with Gasteiger partial charge in [0, 0.05) is 0 Å². The number of allylic oxidation sites excluding steroid dienone is 3. The predicted octanol–water partition coefficient (Wildman–Crippen LogP) is 7.06. The van der Waals surface area contributed by atoms with Gasteiger partial charge in [0.1, 0.15) is 0 Å². The first kappa shape index (κ1) is 19.7. The first-order chi connectivity index (χ1) is 12.9. The van der Waals surface area contributed by atoms with Crippen LogP contribution in [0.4, 0.5) is 0 Å². The number of fused-ring (bicyclic) bond motifs is 5. The highest BCUT2D eigenvalue weighted by molar-refractivity contribution is 5.38. The zero-order valence-corrected chi connectivity index (χ0v) is 18.3. The topological polar surface area (TPSA) is 20.2 Å². The van der Waals surface area contributed by atoms with E-state index in [0.29, 0.717) is 10.8 Å². The first-order valence-electron chi connectivity index (χ1n) is 12.0. The summed E-state index contributed by atoms with van der Waals surface area (Å²) in [4.78, 5) is 0. The summed E-state index contributed by atoms with van der Waals surface area (Å²) in [5.74, 6) is 3.37. The van der Waals surface area contributed by atoms with Gasteiger partial charge in [0.15, 0.2) is 0 Å². The van der Waals surface area contributed by atoms with Crippen LogP contribution in [0.15, 0.2) is 23.3 Å². The van der Waals surface area contributed by atoms with Gasteiger partial charge >= 0.3 is 0 Å². The molecule has 0 heterocycles. The Labute approximate surface area is 167 Å². The smallest absolute Gasteiger partial charge is 0.0578 e. The van der Waals surface area contributed by atoms with Gasteiger partial charge in [0.2, 0.25) is 0 Å². The lowest BCUT2D eigenvalue weighted by molar-refractivity contribution is 0.0323. The van der Waals surface area contributed by atoms with E-state index in [1.807, 2.05) is 0 Å². The Morgan fingerprint density at radius 3 is 2.63 bits per heavy atom. The molecule has 0 saturated heterocycles. The summed E-state index contributed by atoms with van der Waals surface area (Å²) in [5, 5.41) is 10.2. The summed E-state index contributed by atoms with van der Waals surface area (Å²) in [6.07, 6.45) is 19.2. The molecule has 0 radical (unpaired) electrons. The van der Waals surface area contributed by atoms with Gasteiger partial charge in [-0.05, 0) is 79.4 Å². The summed E-state index contributed by atoms with van der Waals surface area (Å²) in [5.41, 5.74) is 4.20. The Balaban J connectivity index is 1.56. The van der Waals surface area contributed by atoms with Crippen molar-refractivity contribution in [3.8, 4) is 0 Å². The fraction of sp³-hybridized carbons (Fsp3) is 0.846. The number of rotatable bonds is 5. The van der Waals surface area contributed by atoms with Gasteiger partial charge in [-0.15, -0.1) is 0 Å². The van der Waals surface area contributed by atoms with Gasteiger partial charge in [-0.1, -0.05) is 76.7 Å². The highest BCUT2D eigenvalue weighted by atomic mass is 16.3. The second-order valence-corrected chi connectivity index (χ2v) is 11.0. The number of hydrogen-bond acceptors (Lipinski definition) is 1. The van der Waals surface area contributed by atoms with Gasteiger partial charge in [-0.25, -0.2) is 0 Å². The van der Waals surface area contributed by atoms with Crippen LogP contribution in [0, 0.1) is 34.5 Å². The molecule has 0 aromatic rings. The Kier molecular flexibility index (Phi) is 5.38. The molecule has 3 fully saturated rings. The molecule has 0 aromatic carbocycles. The van der Waals surface area contributed by atoms with Crippen molar-refractivity contribution in [3.05, 3.63) is 23.3 Å². The minimum atomic E-state index is -0.104. The van der Waals surface area contributed by atoms with Crippen molar-refractivity contribution < 1.29 is 5.11 Å². The third-order valence-electron chi connectivity index (χ3n) is 9.57. The SMILES string of the molecule is CCCCC[C@@H](C)C1CCC2C3=CC=C4CC(O)CC[C@]4(C)C3CC[C@@]21C. The monoisotopic (exact) mass is 370 g/mol. The van der Waals surface area contributed by atoms with Crippen molar-refractivity contribution in [1.29, 1.82) is 0 Å². The molecule has 0 amide bonds. The molecule has 4 rings (SSSR count). The van der Waals surface area contributed by atoms with E-state index in [9.17, 15) is 5.11 Å². The molecular formula is C26H42O. The molecule has 1 N–H and O–H groups in total. The molecule has 152 valence electrons. The fourth-order valence-corrected chi connectivity index (χ4v) is 7.88. The molecule has 0 bridgehead atoms. The lowest BCUT2D eigenvalue weighted by Gasteiger charge is -2.55. The van der Waals surface area contributed by atoms with Crippen LogP contribution >= 0.6 is 0 Å². The van der Waals surface area contributed by atoms with Crippen molar-refractivity contribution in [2.45, 2.75) is 104 Å². The van der Waals surface area contributed by atoms with E-state index >= 15 is 0 Å². The third-order valence-corrected chi connectivity index (χ3v) is 9.57. The largest absolute Gasteiger partial charge is 0.393 e. The zero-order valence-electron chi connectivity index (χ0n) is 18.3. The summed E-state index contributed by atoms with van der Waals surface area (Å²) < 4.78 is 0. The van der Waals surface area contributed by atoms with E-state index in [1.54, 1.807) is 11.1 Å². The van der Waals surface area contributed by atoms with Gasteiger partial charge < -0.3 is 5.11 Å². The highest BCUT2D eigenvalue weighted by Crippen LogP contribution is 2.66. The van der Waals surface area contributed by atoms with Gasteiger partial charge in [-0.2, -0.15) is 0 Å². The molecule has 3 saturated carbocycles. The number of unbranched alkanes of at least 4 members (excludes halogenated alkanes) is 2. The van der Waals surface area contributed by atoms with Crippen LogP contribution in [-0.2, 0) is 0 Å². The Hall–Kier alpha value is -0.560. The average Bonchev–Trinajstić information content (AvgIpc) is 3.00. The average molecular weight is 371 g/mol. The van der Waals surface area contributed by atoms with Crippen LogP contribution in [0.25, 0.3) is 0 Å². The van der Waals surface area contributed by atoms with Gasteiger partial charge in [0.05, 0.1) is 6.10 Å².